The van der Waals surface area contributed by atoms with Crippen molar-refractivity contribution in [3.63, 3.8) is 0 Å². The van der Waals surface area contributed by atoms with Crippen molar-refractivity contribution in [2.75, 3.05) is 20.0 Å². The van der Waals surface area contributed by atoms with Gasteiger partial charge in [-0.25, -0.2) is 14.6 Å². The number of amidine groups is 1. The number of amides is 1. The Morgan fingerprint density at radius 2 is 2.00 bits per heavy atom. The third kappa shape index (κ3) is 6.81. The van der Waals surface area contributed by atoms with Gasteiger partial charge in [-0.1, -0.05) is 12.1 Å². The molecule has 1 aromatic carbocycles. The summed E-state index contributed by atoms with van der Waals surface area (Å²) >= 11 is 4.46. The number of aromatic nitrogens is 1. The molecule has 0 saturated heterocycles. The molecule has 11 heteroatoms. The van der Waals surface area contributed by atoms with Crippen LogP contribution in [0.15, 0.2) is 39.9 Å². The minimum atomic E-state index is -0.663. The van der Waals surface area contributed by atoms with Crippen molar-refractivity contribution in [2.45, 2.75) is 30.6 Å². The molecule has 2 heterocycles. The van der Waals surface area contributed by atoms with Crippen LogP contribution >= 0.6 is 34.4 Å². The van der Waals surface area contributed by atoms with Crippen molar-refractivity contribution in [1.29, 1.82) is 5.41 Å². The van der Waals surface area contributed by atoms with Crippen molar-refractivity contribution < 1.29 is 23.8 Å². The van der Waals surface area contributed by atoms with Crippen molar-refractivity contribution >= 4 is 52.3 Å². The SMILES string of the molecule is COC(=O)COc1cccc(-c2csc(-c3cc(C(=N)NC(=O)OC(C)(C)C)sc3SC)n2)c1. The largest absolute Gasteiger partial charge is 0.482 e. The lowest BCUT2D eigenvalue weighted by atomic mass is 10.1. The molecule has 2 aromatic heterocycles. The molecule has 1 amide bonds. The van der Waals surface area contributed by atoms with Gasteiger partial charge in [-0.05, 0) is 45.2 Å². The van der Waals surface area contributed by atoms with Crippen LogP contribution in [0, 0.1) is 5.41 Å². The molecule has 180 valence electrons. The number of rotatable bonds is 7. The number of thiophene rings is 1. The van der Waals surface area contributed by atoms with E-state index in [1.807, 2.05) is 35.9 Å². The number of carbonyl (C=O) groups is 2. The van der Waals surface area contributed by atoms with Gasteiger partial charge in [0.05, 0.1) is 21.9 Å². The fraction of sp³-hybridized carbons (Fsp3) is 0.304. The van der Waals surface area contributed by atoms with Gasteiger partial charge >= 0.3 is 12.1 Å². The number of benzene rings is 1. The highest BCUT2D eigenvalue weighted by molar-refractivity contribution is 8.00. The van der Waals surface area contributed by atoms with Crippen LogP contribution in [0.4, 0.5) is 4.79 Å². The number of nitrogens with one attached hydrogen (secondary N) is 2. The average molecular weight is 520 g/mol. The summed E-state index contributed by atoms with van der Waals surface area (Å²) in [5.41, 5.74) is 1.88. The van der Waals surface area contributed by atoms with Crippen LogP contribution in [0.1, 0.15) is 25.6 Å². The number of ether oxygens (including phenoxy) is 3. The van der Waals surface area contributed by atoms with Gasteiger partial charge in [0.15, 0.2) is 6.61 Å². The number of hydrogen-bond donors (Lipinski definition) is 2. The van der Waals surface area contributed by atoms with Gasteiger partial charge in [0.25, 0.3) is 0 Å². The van der Waals surface area contributed by atoms with E-state index >= 15 is 0 Å². The van der Waals surface area contributed by atoms with Crippen molar-refractivity contribution in [3.8, 4) is 27.6 Å². The van der Waals surface area contributed by atoms with Crippen LogP contribution in [0.25, 0.3) is 21.8 Å². The topological polar surface area (TPSA) is 111 Å². The number of esters is 1. The zero-order valence-corrected chi connectivity index (χ0v) is 21.8. The lowest BCUT2D eigenvalue weighted by Gasteiger charge is -2.19. The van der Waals surface area contributed by atoms with Crippen LogP contribution in [-0.4, -0.2) is 48.5 Å². The summed E-state index contributed by atoms with van der Waals surface area (Å²) in [7, 11) is 1.31. The Bertz CT molecular complexity index is 1200. The highest BCUT2D eigenvalue weighted by Gasteiger charge is 2.21. The first-order valence-corrected chi connectivity index (χ1v) is 13.0. The molecule has 0 saturated carbocycles. The number of alkyl carbamates (subject to hydrolysis) is 1. The molecule has 0 bridgehead atoms. The second kappa shape index (κ2) is 11.0. The van der Waals surface area contributed by atoms with Crippen LogP contribution < -0.4 is 10.1 Å². The second-order valence-electron chi connectivity index (χ2n) is 7.95. The maximum atomic E-state index is 12.0. The van der Waals surface area contributed by atoms with E-state index in [1.165, 1.54) is 29.8 Å². The molecule has 0 unspecified atom stereocenters. The maximum Gasteiger partial charge on any atom is 0.413 e. The molecular formula is C23H25N3O5S3. The van der Waals surface area contributed by atoms with Crippen molar-refractivity contribution in [1.82, 2.24) is 10.3 Å². The first-order valence-electron chi connectivity index (χ1n) is 10.1. The summed E-state index contributed by atoms with van der Waals surface area (Å²) in [5, 5.41) is 13.5. The monoisotopic (exact) mass is 519 g/mol. The Labute approximate surface area is 210 Å². The van der Waals surface area contributed by atoms with E-state index in [4.69, 9.17) is 19.9 Å². The first-order chi connectivity index (χ1) is 16.1. The minimum absolute atomic E-state index is 0.0203. The van der Waals surface area contributed by atoms with Crippen LogP contribution in [-0.2, 0) is 14.3 Å². The van der Waals surface area contributed by atoms with Gasteiger partial charge in [-0.3, -0.25) is 10.7 Å². The quantitative estimate of drug-likeness (QED) is 0.179. The fourth-order valence-corrected chi connectivity index (χ4v) is 5.50. The standard InChI is InChI=1S/C23H25N3O5S3/c1-23(2,3)31-22(28)26-19(24)17-10-15(21(32-5)34-17)20-25-16(12-33-20)13-7-6-8-14(9-13)30-11-18(27)29-4/h6-10,12H,11H2,1-5H3,(H2,24,26,28). The Hall–Kier alpha value is -2.89. The number of nitrogens with zero attached hydrogens (tertiary/aromatic N) is 1. The Morgan fingerprint density at radius 1 is 1.24 bits per heavy atom. The third-order valence-corrected chi connectivity index (χ3v) is 7.37. The summed E-state index contributed by atoms with van der Waals surface area (Å²) in [6.07, 6.45) is 1.30. The maximum absolute atomic E-state index is 12.0. The average Bonchev–Trinajstić information content (AvgIpc) is 3.43. The van der Waals surface area contributed by atoms with E-state index in [1.54, 1.807) is 38.6 Å². The minimum Gasteiger partial charge on any atom is -0.482 e. The van der Waals surface area contributed by atoms with Gasteiger partial charge in [0.1, 0.15) is 22.2 Å². The normalized spacial score (nSPS) is 11.1. The van der Waals surface area contributed by atoms with Gasteiger partial charge < -0.3 is 14.2 Å². The third-order valence-electron chi connectivity index (χ3n) is 4.20. The number of thiazole rings is 1. The highest BCUT2D eigenvalue weighted by atomic mass is 32.2. The summed E-state index contributed by atoms with van der Waals surface area (Å²) in [6, 6.07) is 9.19. The lowest BCUT2D eigenvalue weighted by molar-refractivity contribution is -0.142. The number of carbonyl (C=O) groups excluding carboxylic acids is 2. The molecule has 2 N–H and O–H groups in total. The molecular weight excluding hydrogens is 494 g/mol. The fourth-order valence-electron chi connectivity index (χ4n) is 2.74. The molecule has 8 nitrogen and oxygen atoms in total. The van der Waals surface area contributed by atoms with Gasteiger partial charge in [0.2, 0.25) is 0 Å². The number of hydrogen-bond acceptors (Lipinski definition) is 10. The van der Waals surface area contributed by atoms with Crippen LogP contribution in [0.3, 0.4) is 0 Å². The van der Waals surface area contributed by atoms with E-state index in [9.17, 15) is 9.59 Å². The summed E-state index contributed by atoms with van der Waals surface area (Å²) in [5.74, 6) is 0.0701. The zero-order valence-electron chi connectivity index (χ0n) is 19.4. The molecule has 0 aliphatic rings. The molecule has 0 radical (unpaired) electrons. The summed E-state index contributed by atoms with van der Waals surface area (Å²) in [4.78, 5) is 28.8. The Kier molecular flexibility index (Phi) is 8.34. The Morgan fingerprint density at radius 3 is 2.68 bits per heavy atom. The lowest BCUT2D eigenvalue weighted by Crippen LogP contribution is -2.36. The number of thioether (sulfide) groups is 1. The molecule has 0 atom stereocenters. The van der Waals surface area contributed by atoms with Crippen molar-refractivity contribution in [3.05, 3.63) is 40.6 Å². The van der Waals surface area contributed by atoms with Crippen LogP contribution in [0.2, 0.25) is 0 Å². The van der Waals surface area contributed by atoms with Crippen molar-refractivity contribution in [2.24, 2.45) is 0 Å². The number of methoxy groups -OCH3 is 1. The van der Waals surface area contributed by atoms with Gasteiger partial charge in [-0.15, -0.1) is 34.4 Å². The Balaban J connectivity index is 1.79. The van der Waals surface area contributed by atoms with E-state index < -0.39 is 17.7 Å². The van der Waals surface area contributed by atoms with Gasteiger partial charge in [-0.2, -0.15) is 0 Å². The second-order valence-corrected chi connectivity index (χ2v) is 10.9. The zero-order chi connectivity index (χ0) is 24.9. The molecule has 0 aliphatic carbocycles. The summed E-state index contributed by atoms with van der Waals surface area (Å²) in [6.45, 7) is 5.14. The van der Waals surface area contributed by atoms with E-state index in [-0.39, 0.29) is 12.4 Å². The highest BCUT2D eigenvalue weighted by Crippen LogP contribution is 2.40. The smallest absolute Gasteiger partial charge is 0.413 e. The predicted octanol–water partition coefficient (Wildman–Crippen LogP) is 5.66. The molecule has 0 aliphatic heterocycles. The molecule has 0 spiro atoms. The predicted molar refractivity (Wildman–Crippen MR) is 136 cm³/mol. The molecule has 34 heavy (non-hydrogen) atoms. The van der Waals surface area contributed by atoms with Crippen LogP contribution in [0.5, 0.6) is 5.75 Å². The van der Waals surface area contributed by atoms with Gasteiger partial charge in [0, 0.05) is 16.5 Å². The molecule has 3 rings (SSSR count). The molecule has 0 fully saturated rings. The van der Waals surface area contributed by atoms with E-state index in [2.05, 4.69) is 10.1 Å². The first kappa shape index (κ1) is 25.7. The summed E-state index contributed by atoms with van der Waals surface area (Å²) < 4.78 is 16.3. The van der Waals surface area contributed by atoms with E-state index in [0.29, 0.717) is 10.6 Å². The molecule has 3 aromatic rings. The van der Waals surface area contributed by atoms with E-state index in [0.717, 1.165) is 26.0 Å².